The van der Waals surface area contributed by atoms with Crippen molar-refractivity contribution in [1.29, 1.82) is 0 Å². The van der Waals surface area contributed by atoms with Crippen molar-refractivity contribution in [2.45, 2.75) is 58.4 Å². The van der Waals surface area contributed by atoms with Gasteiger partial charge in [-0.15, -0.1) is 11.3 Å². The molecule has 0 saturated heterocycles. The summed E-state index contributed by atoms with van der Waals surface area (Å²) in [6.07, 6.45) is 3.42. The van der Waals surface area contributed by atoms with Crippen LogP contribution in [0.4, 0.5) is 0 Å². The first-order chi connectivity index (χ1) is 9.47. The van der Waals surface area contributed by atoms with E-state index >= 15 is 0 Å². The van der Waals surface area contributed by atoms with Crippen LogP contribution < -0.4 is 10.6 Å². The molecule has 1 rings (SSSR count). The monoisotopic (exact) mass is 296 g/mol. The first-order valence-electron chi connectivity index (χ1n) is 7.52. The minimum Gasteiger partial charge on any atom is -0.355 e. The molecule has 20 heavy (non-hydrogen) atoms. The summed E-state index contributed by atoms with van der Waals surface area (Å²) in [4.78, 5) is 13.3. The zero-order valence-corrected chi connectivity index (χ0v) is 14.0. The second-order valence-electron chi connectivity index (χ2n) is 5.96. The lowest BCUT2D eigenvalue weighted by Gasteiger charge is -2.26. The average Bonchev–Trinajstić information content (AvgIpc) is 2.95. The quantitative estimate of drug-likeness (QED) is 0.686. The lowest BCUT2D eigenvalue weighted by Crippen LogP contribution is -2.46. The van der Waals surface area contributed by atoms with E-state index in [0.717, 1.165) is 19.5 Å². The van der Waals surface area contributed by atoms with Gasteiger partial charge in [-0.05, 0) is 24.8 Å². The normalized spacial score (nSPS) is 13.2. The summed E-state index contributed by atoms with van der Waals surface area (Å²) in [6.45, 7) is 10.1. The summed E-state index contributed by atoms with van der Waals surface area (Å²) >= 11 is 1.77. The zero-order valence-electron chi connectivity index (χ0n) is 13.2. The van der Waals surface area contributed by atoms with E-state index < -0.39 is 0 Å². The van der Waals surface area contributed by atoms with Gasteiger partial charge >= 0.3 is 0 Å². The molecule has 0 saturated carbocycles. The second kappa shape index (κ2) is 8.42. The molecule has 0 bridgehead atoms. The molecule has 0 aliphatic heterocycles. The van der Waals surface area contributed by atoms with Crippen molar-refractivity contribution in [3.05, 3.63) is 22.4 Å². The molecule has 0 aliphatic carbocycles. The molecule has 1 aromatic rings. The second-order valence-corrected chi connectivity index (χ2v) is 6.91. The standard InChI is InChI=1S/C16H28N2OS/c1-5-6-7-10-17-15(19)13(2)18-12-16(3,4)14-9-8-11-20-14/h8-9,11,13,18H,5-7,10,12H2,1-4H3,(H,17,19). The first kappa shape index (κ1) is 17.2. The Morgan fingerprint density at radius 1 is 1.40 bits per heavy atom. The maximum Gasteiger partial charge on any atom is 0.236 e. The van der Waals surface area contributed by atoms with Crippen molar-refractivity contribution in [3.63, 3.8) is 0 Å². The number of thiophene rings is 1. The van der Waals surface area contributed by atoms with Crippen LogP contribution in [0.5, 0.6) is 0 Å². The summed E-state index contributed by atoms with van der Waals surface area (Å²) in [6, 6.07) is 4.09. The number of hydrogen-bond acceptors (Lipinski definition) is 3. The highest BCUT2D eigenvalue weighted by Crippen LogP contribution is 2.26. The van der Waals surface area contributed by atoms with E-state index in [2.05, 4.69) is 48.9 Å². The molecule has 4 heteroatoms. The fraction of sp³-hybridized carbons (Fsp3) is 0.688. The third kappa shape index (κ3) is 5.63. The molecule has 1 heterocycles. The Morgan fingerprint density at radius 2 is 2.15 bits per heavy atom. The van der Waals surface area contributed by atoms with Gasteiger partial charge in [-0.25, -0.2) is 0 Å². The number of rotatable bonds is 9. The Bertz CT molecular complexity index is 387. The summed E-state index contributed by atoms with van der Waals surface area (Å²) in [5, 5.41) is 8.43. The SMILES string of the molecule is CCCCCNC(=O)C(C)NCC(C)(C)c1cccs1. The molecule has 0 aromatic carbocycles. The highest BCUT2D eigenvalue weighted by Gasteiger charge is 2.23. The molecular weight excluding hydrogens is 268 g/mol. The smallest absolute Gasteiger partial charge is 0.236 e. The summed E-state index contributed by atoms with van der Waals surface area (Å²) < 4.78 is 0. The molecule has 3 nitrogen and oxygen atoms in total. The number of unbranched alkanes of at least 4 members (excludes halogenated alkanes) is 2. The molecule has 1 atom stereocenters. The van der Waals surface area contributed by atoms with Crippen LogP contribution in [0.2, 0.25) is 0 Å². The van der Waals surface area contributed by atoms with Crippen LogP contribution in [0, 0.1) is 0 Å². The fourth-order valence-corrected chi connectivity index (χ4v) is 2.84. The number of carbonyl (C=O) groups excluding carboxylic acids is 1. The molecule has 0 spiro atoms. The Balaban J connectivity index is 2.31. The van der Waals surface area contributed by atoms with Crippen LogP contribution in [-0.4, -0.2) is 25.0 Å². The third-order valence-corrected chi connectivity index (χ3v) is 4.75. The van der Waals surface area contributed by atoms with E-state index in [1.165, 1.54) is 17.7 Å². The molecule has 114 valence electrons. The summed E-state index contributed by atoms with van der Waals surface area (Å²) in [5.74, 6) is 0.100. The van der Waals surface area contributed by atoms with Crippen LogP contribution in [-0.2, 0) is 10.2 Å². The number of hydrogen-bond donors (Lipinski definition) is 2. The van der Waals surface area contributed by atoms with Crippen molar-refractivity contribution in [2.75, 3.05) is 13.1 Å². The molecule has 0 fully saturated rings. The molecule has 2 N–H and O–H groups in total. The zero-order chi connectivity index (χ0) is 15.0. The van der Waals surface area contributed by atoms with Crippen molar-refractivity contribution >= 4 is 17.2 Å². The minimum atomic E-state index is -0.143. The highest BCUT2D eigenvalue weighted by molar-refractivity contribution is 7.10. The van der Waals surface area contributed by atoms with Gasteiger partial charge in [-0.2, -0.15) is 0 Å². The molecule has 1 unspecified atom stereocenters. The Labute approximate surface area is 127 Å². The molecule has 0 aliphatic rings. The van der Waals surface area contributed by atoms with Crippen LogP contribution in [0.15, 0.2) is 17.5 Å². The average molecular weight is 296 g/mol. The van der Waals surface area contributed by atoms with E-state index in [-0.39, 0.29) is 17.4 Å². The largest absolute Gasteiger partial charge is 0.355 e. The van der Waals surface area contributed by atoms with Gasteiger partial charge in [0.15, 0.2) is 0 Å². The van der Waals surface area contributed by atoms with Gasteiger partial charge < -0.3 is 10.6 Å². The Hall–Kier alpha value is -0.870. The van der Waals surface area contributed by atoms with Crippen LogP contribution in [0.1, 0.15) is 51.8 Å². The van der Waals surface area contributed by atoms with Gasteiger partial charge in [-0.1, -0.05) is 39.7 Å². The predicted octanol–water partition coefficient (Wildman–Crippen LogP) is 3.31. The van der Waals surface area contributed by atoms with Gasteiger partial charge in [0.1, 0.15) is 0 Å². The lowest BCUT2D eigenvalue weighted by molar-refractivity contribution is -0.122. The van der Waals surface area contributed by atoms with E-state index in [9.17, 15) is 4.79 Å². The summed E-state index contributed by atoms with van der Waals surface area (Å²) in [7, 11) is 0. The maximum atomic E-state index is 11.9. The highest BCUT2D eigenvalue weighted by atomic mass is 32.1. The molecule has 1 amide bonds. The number of amides is 1. The van der Waals surface area contributed by atoms with Crippen molar-refractivity contribution in [3.8, 4) is 0 Å². The molecule has 0 radical (unpaired) electrons. The van der Waals surface area contributed by atoms with Crippen molar-refractivity contribution in [1.82, 2.24) is 10.6 Å². The first-order valence-corrected chi connectivity index (χ1v) is 8.40. The molecule has 1 aromatic heterocycles. The van der Waals surface area contributed by atoms with Crippen molar-refractivity contribution in [2.24, 2.45) is 0 Å². The van der Waals surface area contributed by atoms with Crippen LogP contribution >= 0.6 is 11.3 Å². The van der Waals surface area contributed by atoms with Gasteiger partial charge in [0.2, 0.25) is 5.91 Å². The number of nitrogens with one attached hydrogen (secondary N) is 2. The fourth-order valence-electron chi connectivity index (χ4n) is 1.99. The van der Waals surface area contributed by atoms with Gasteiger partial charge in [0, 0.05) is 23.4 Å². The van der Waals surface area contributed by atoms with E-state index in [1.807, 2.05) is 6.92 Å². The molecular formula is C16H28N2OS. The third-order valence-electron chi connectivity index (χ3n) is 3.51. The minimum absolute atomic E-state index is 0.0604. The predicted molar refractivity (Wildman–Crippen MR) is 87.3 cm³/mol. The van der Waals surface area contributed by atoms with E-state index in [1.54, 1.807) is 11.3 Å². The van der Waals surface area contributed by atoms with Crippen LogP contribution in [0.25, 0.3) is 0 Å². The lowest BCUT2D eigenvalue weighted by atomic mass is 9.91. The summed E-state index contributed by atoms with van der Waals surface area (Å²) in [5.41, 5.74) is 0.0604. The van der Waals surface area contributed by atoms with Gasteiger partial charge in [-0.3, -0.25) is 4.79 Å². The van der Waals surface area contributed by atoms with Crippen LogP contribution in [0.3, 0.4) is 0 Å². The topological polar surface area (TPSA) is 41.1 Å². The van der Waals surface area contributed by atoms with Gasteiger partial charge in [0.05, 0.1) is 6.04 Å². The number of carbonyl (C=O) groups is 1. The van der Waals surface area contributed by atoms with E-state index in [4.69, 9.17) is 0 Å². The van der Waals surface area contributed by atoms with Gasteiger partial charge in [0.25, 0.3) is 0 Å². The van der Waals surface area contributed by atoms with E-state index in [0.29, 0.717) is 0 Å². The Kier molecular flexibility index (Phi) is 7.24. The maximum absolute atomic E-state index is 11.9. The van der Waals surface area contributed by atoms with Crippen molar-refractivity contribution < 1.29 is 4.79 Å². The Morgan fingerprint density at radius 3 is 2.75 bits per heavy atom.